The zero-order valence-electron chi connectivity index (χ0n) is 16.9. The molecule has 1 atom stereocenters. The summed E-state index contributed by atoms with van der Waals surface area (Å²) in [7, 11) is 0. The van der Waals surface area contributed by atoms with Crippen molar-refractivity contribution in [2.24, 2.45) is 0 Å². The molecule has 3 aromatic rings. The molecule has 2 heterocycles. The number of nitrogens with zero attached hydrogens (tertiary/aromatic N) is 2. The van der Waals surface area contributed by atoms with Crippen LogP contribution in [0.1, 0.15) is 59.4 Å². The summed E-state index contributed by atoms with van der Waals surface area (Å²) in [4.78, 5) is 15.2. The quantitative estimate of drug-likeness (QED) is 0.403. The first-order chi connectivity index (χ1) is 14.4. The minimum atomic E-state index is -0.282. The Balaban J connectivity index is 1.87. The van der Waals surface area contributed by atoms with Crippen molar-refractivity contribution >= 4 is 33.4 Å². The predicted octanol–water partition coefficient (Wildman–Crippen LogP) is 6.24. The molecule has 0 aliphatic carbocycles. The number of aromatic nitrogens is 2. The fourth-order valence-corrected chi connectivity index (χ4v) is 4.62. The van der Waals surface area contributed by atoms with E-state index in [0.29, 0.717) is 28.5 Å². The second kappa shape index (κ2) is 8.44. The lowest BCUT2D eigenvalue weighted by Gasteiger charge is -2.26. The number of hydrogen-bond donors (Lipinski definition) is 2. The van der Waals surface area contributed by atoms with Gasteiger partial charge in [0, 0.05) is 27.2 Å². The van der Waals surface area contributed by atoms with Crippen molar-refractivity contribution < 1.29 is 9.90 Å². The number of hydrogen-bond acceptors (Lipinski definition) is 3. The molecule has 7 heteroatoms. The lowest BCUT2D eigenvalue weighted by Crippen LogP contribution is -2.30. The van der Waals surface area contributed by atoms with E-state index >= 15 is 0 Å². The van der Waals surface area contributed by atoms with Crippen LogP contribution in [-0.2, 0) is 0 Å². The summed E-state index contributed by atoms with van der Waals surface area (Å²) in [5, 5.41) is 18.5. The third-order valence-electron chi connectivity index (χ3n) is 5.56. The first-order valence-corrected chi connectivity index (χ1v) is 11.2. The minimum Gasteiger partial charge on any atom is -0.507 e. The average molecular weight is 489 g/mol. The van der Waals surface area contributed by atoms with Gasteiger partial charge in [-0.05, 0) is 48.7 Å². The number of halogens is 2. The molecule has 1 amide bonds. The number of phenols is 1. The number of nitrogens with one attached hydrogen (secondary N) is 1. The van der Waals surface area contributed by atoms with Gasteiger partial charge >= 0.3 is 0 Å². The van der Waals surface area contributed by atoms with Crippen LogP contribution in [0.4, 0.5) is 0 Å². The molecule has 0 saturated carbocycles. The maximum atomic E-state index is 13.3. The van der Waals surface area contributed by atoms with Gasteiger partial charge < -0.3 is 10.0 Å². The van der Waals surface area contributed by atoms with Crippen LogP contribution < -0.4 is 0 Å². The number of rotatable bonds is 6. The van der Waals surface area contributed by atoms with E-state index in [-0.39, 0.29) is 17.7 Å². The van der Waals surface area contributed by atoms with Gasteiger partial charge in [-0.3, -0.25) is 9.89 Å². The molecule has 1 aliphatic rings. The molecule has 0 fully saturated rings. The molecule has 1 unspecified atom stereocenters. The number of fused-ring (bicyclic) bond motifs is 1. The van der Waals surface area contributed by atoms with Crippen LogP contribution >= 0.6 is 27.5 Å². The van der Waals surface area contributed by atoms with Crippen molar-refractivity contribution in [3.05, 3.63) is 68.3 Å². The lowest BCUT2D eigenvalue weighted by atomic mass is 9.95. The van der Waals surface area contributed by atoms with E-state index in [1.807, 2.05) is 36.1 Å². The van der Waals surface area contributed by atoms with Crippen molar-refractivity contribution in [2.45, 2.75) is 39.2 Å². The molecule has 2 aromatic carbocycles. The van der Waals surface area contributed by atoms with E-state index in [0.717, 1.165) is 40.4 Å². The predicted molar refractivity (Wildman–Crippen MR) is 122 cm³/mol. The van der Waals surface area contributed by atoms with Gasteiger partial charge in [0.2, 0.25) is 0 Å². The van der Waals surface area contributed by atoms with Gasteiger partial charge in [0.15, 0.2) is 0 Å². The van der Waals surface area contributed by atoms with Crippen molar-refractivity contribution in [1.82, 2.24) is 15.1 Å². The summed E-state index contributed by atoms with van der Waals surface area (Å²) in [5.41, 5.74) is 4.11. The molecule has 0 bridgehead atoms. The summed E-state index contributed by atoms with van der Waals surface area (Å²) in [6.45, 7) is 4.64. The highest BCUT2D eigenvalue weighted by Crippen LogP contribution is 2.45. The fourth-order valence-electron chi connectivity index (χ4n) is 4.04. The standard InChI is InChI=1S/C23H23BrClN3O2/c1-3-4-5-9-28-22(14-7-6-8-15(24)11-14)19-20(26-27-21(19)23(28)30)16-12-17(25)13(2)10-18(16)29/h6-8,10-12,22,29H,3-5,9H2,1-2H3,(H,26,27). The number of unbranched alkanes of at least 4 members (excludes halogenated alkanes) is 2. The smallest absolute Gasteiger partial charge is 0.273 e. The SMILES string of the molecule is CCCCCN1C(=O)c2[nH]nc(-c3cc(Cl)c(C)cc3O)c2C1c1cccc(Br)c1. The van der Waals surface area contributed by atoms with Gasteiger partial charge in [-0.15, -0.1) is 0 Å². The topological polar surface area (TPSA) is 69.2 Å². The van der Waals surface area contributed by atoms with Crippen LogP contribution in [0, 0.1) is 6.92 Å². The second-order valence-electron chi connectivity index (χ2n) is 7.64. The number of amides is 1. The maximum absolute atomic E-state index is 13.3. The van der Waals surface area contributed by atoms with E-state index in [9.17, 15) is 9.90 Å². The highest BCUT2D eigenvalue weighted by Gasteiger charge is 2.42. The number of aromatic hydroxyl groups is 1. The van der Waals surface area contributed by atoms with Gasteiger partial charge in [-0.2, -0.15) is 5.10 Å². The number of aryl methyl sites for hydroxylation is 1. The van der Waals surface area contributed by atoms with Gasteiger partial charge in [-0.25, -0.2) is 0 Å². The van der Waals surface area contributed by atoms with Crippen LogP contribution in [-0.4, -0.2) is 32.7 Å². The van der Waals surface area contributed by atoms with Crippen molar-refractivity contribution in [2.75, 3.05) is 6.54 Å². The highest BCUT2D eigenvalue weighted by molar-refractivity contribution is 9.10. The summed E-state index contributed by atoms with van der Waals surface area (Å²) < 4.78 is 0.945. The molecule has 1 aromatic heterocycles. The number of carbonyl (C=O) groups is 1. The van der Waals surface area contributed by atoms with E-state index in [2.05, 4.69) is 33.1 Å². The lowest BCUT2D eigenvalue weighted by molar-refractivity contribution is 0.0740. The van der Waals surface area contributed by atoms with Crippen molar-refractivity contribution in [3.63, 3.8) is 0 Å². The first-order valence-electron chi connectivity index (χ1n) is 10.1. The van der Waals surface area contributed by atoms with Crippen molar-refractivity contribution in [3.8, 4) is 17.0 Å². The van der Waals surface area contributed by atoms with Gasteiger partial charge in [0.1, 0.15) is 17.1 Å². The molecule has 156 valence electrons. The van der Waals surface area contributed by atoms with Crippen LogP contribution in [0.15, 0.2) is 40.9 Å². The number of phenolic OH excluding ortho intramolecular Hbond substituents is 1. The molecular weight excluding hydrogens is 466 g/mol. The average Bonchev–Trinajstić information content (AvgIpc) is 3.24. The fraction of sp³-hybridized carbons (Fsp3) is 0.304. The van der Waals surface area contributed by atoms with Crippen LogP contribution in [0.2, 0.25) is 5.02 Å². The Kier molecular flexibility index (Phi) is 5.89. The van der Waals surface area contributed by atoms with E-state index in [4.69, 9.17) is 11.6 Å². The van der Waals surface area contributed by atoms with Crippen LogP contribution in [0.5, 0.6) is 5.75 Å². The van der Waals surface area contributed by atoms with Gasteiger partial charge in [-0.1, -0.05) is 59.4 Å². The molecule has 30 heavy (non-hydrogen) atoms. The Morgan fingerprint density at radius 1 is 1.27 bits per heavy atom. The van der Waals surface area contributed by atoms with Crippen molar-refractivity contribution in [1.29, 1.82) is 0 Å². The number of benzene rings is 2. The minimum absolute atomic E-state index is 0.0671. The largest absolute Gasteiger partial charge is 0.507 e. The normalized spacial score (nSPS) is 15.7. The Hall–Kier alpha value is -2.31. The molecule has 0 radical (unpaired) electrons. The number of H-pyrrole nitrogens is 1. The first kappa shape index (κ1) is 20.9. The maximum Gasteiger partial charge on any atom is 0.273 e. The third kappa shape index (κ3) is 3.63. The Labute approximate surface area is 189 Å². The Morgan fingerprint density at radius 2 is 2.07 bits per heavy atom. The second-order valence-corrected chi connectivity index (χ2v) is 8.97. The van der Waals surface area contributed by atoms with Gasteiger partial charge in [0.25, 0.3) is 5.91 Å². The zero-order chi connectivity index (χ0) is 21.4. The Morgan fingerprint density at radius 3 is 2.80 bits per heavy atom. The molecule has 4 rings (SSSR count). The molecular formula is C23H23BrClN3O2. The third-order valence-corrected chi connectivity index (χ3v) is 6.46. The van der Waals surface area contributed by atoms with E-state index in [1.165, 1.54) is 0 Å². The highest BCUT2D eigenvalue weighted by atomic mass is 79.9. The summed E-state index contributed by atoms with van der Waals surface area (Å²) in [6.07, 6.45) is 3.07. The Bertz CT molecular complexity index is 1110. The number of carbonyl (C=O) groups excluding carboxylic acids is 1. The van der Waals surface area contributed by atoms with E-state index in [1.54, 1.807) is 12.1 Å². The summed E-state index contributed by atoms with van der Waals surface area (Å²) in [6, 6.07) is 11.0. The summed E-state index contributed by atoms with van der Waals surface area (Å²) in [5.74, 6) is 0.0265. The monoisotopic (exact) mass is 487 g/mol. The van der Waals surface area contributed by atoms with Crippen LogP contribution in [0.3, 0.4) is 0 Å². The van der Waals surface area contributed by atoms with Gasteiger partial charge in [0.05, 0.1) is 6.04 Å². The molecule has 5 nitrogen and oxygen atoms in total. The molecule has 0 spiro atoms. The van der Waals surface area contributed by atoms with E-state index < -0.39 is 0 Å². The summed E-state index contributed by atoms with van der Waals surface area (Å²) >= 11 is 9.88. The molecule has 1 aliphatic heterocycles. The van der Waals surface area contributed by atoms with Crippen LogP contribution in [0.25, 0.3) is 11.3 Å². The molecule has 2 N–H and O–H groups in total. The number of aromatic amines is 1. The zero-order valence-corrected chi connectivity index (χ0v) is 19.2. The molecule has 0 saturated heterocycles.